The van der Waals surface area contributed by atoms with Crippen molar-refractivity contribution in [3.63, 3.8) is 0 Å². The fourth-order valence-electron chi connectivity index (χ4n) is 4.95. The lowest BCUT2D eigenvalue weighted by Crippen LogP contribution is -2.44. The van der Waals surface area contributed by atoms with Crippen molar-refractivity contribution < 1.29 is 4.79 Å². The molecule has 1 saturated heterocycles. The maximum absolute atomic E-state index is 13.4. The Morgan fingerprint density at radius 1 is 0.889 bits per heavy atom. The number of hydrogen-bond donors (Lipinski definition) is 0. The number of rotatable bonds is 6. The molecule has 0 N–H and O–H groups in total. The molecule has 2 aliphatic rings. The highest BCUT2D eigenvalue weighted by Crippen LogP contribution is 2.34. The highest BCUT2D eigenvalue weighted by atomic mass is 16.2. The first-order chi connectivity index (χ1) is 17.5. The van der Waals surface area contributed by atoms with Gasteiger partial charge in [-0.1, -0.05) is 54.6 Å². The molecular weight excluding hydrogens is 446 g/mol. The van der Waals surface area contributed by atoms with Crippen LogP contribution in [0.15, 0.2) is 84.0 Å². The number of likely N-dealkylation sites (N-methyl/N-ethyl adjacent to an activating group) is 1. The third-order valence-electron chi connectivity index (χ3n) is 7.23. The van der Waals surface area contributed by atoms with Crippen molar-refractivity contribution >= 4 is 23.0 Å². The number of hydrogen-bond acceptors (Lipinski definition) is 5. The molecule has 0 aromatic heterocycles. The topological polar surface area (TPSA) is 42.4 Å². The largest absolute Gasteiger partial charge is 0.378 e. The Balaban J connectivity index is 1.39. The Morgan fingerprint density at radius 2 is 1.56 bits per heavy atom. The van der Waals surface area contributed by atoms with E-state index in [9.17, 15) is 4.79 Å². The van der Waals surface area contributed by atoms with Crippen LogP contribution in [0, 0.1) is 0 Å². The van der Waals surface area contributed by atoms with E-state index in [-0.39, 0.29) is 11.9 Å². The van der Waals surface area contributed by atoms with Crippen LogP contribution in [0.4, 0.5) is 11.4 Å². The van der Waals surface area contributed by atoms with Crippen molar-refractivity contribution in [2.75, 3.05) is 57.1 Å². The van der Waals surface area contributed by atoms with Gasteiger partial charge in [0.1, 0.15) is 0 Å². The highest BCUT2D eigenvalue weighted by Gasteiger charge is 2.33. The highest BCUT2D eigenvalue weighted by molar-refractivity contribution is 6.03. The molecule has 2 heterocycles. The minimum Gasteiger partial charge on any atom is -0.378 e. The van der Waals surface area contributed by atoms with Crippen LogP contribution in [-0.4, -0.2) is 68.8 Å². The average Bonchev–Trinajstić information content (AvgIpc) is 3.36. The quantitative estimate of drug-likeness (QED) is 0.523. The van der Waals surface area contributed by atoms with Gasteiger partial charge in [-0.05, 0) is 48.0 Å². The van der Waals surface area contributed by atoms with Gasteiger partial charge >= 0.3 is 0 Å². The Morgan fingerprint density at radius 3 is 2.19 bits per heavy atom. The summed E-state index contributed by atoms with van der Waals surface area (Å²) in [6, 6.07) is 27.0. The first-order valence-electron chi connectivity index (χ1n) is 12.7. The van der Waals surface area contributed by atoms with Crippen LogP contribution in [0.1, 0.15) is 29.2 Å². The molecule has 5 rings (SSSR count). The molecule has 1 amide bonds. The molecule has 186 valence electrons. The number of carbonyl (C=O) groups excluding carboxylic acids is 1. The summed E-state index contributed by atoms with van der Waals surface area (Å²) in [7, 11) is 6.24. The Hall–Kier alpha value is -3.64. The number of anilines is 2. The fraction of sp³-hybridized carbons (Fsp3) is 0.333. The predicted molar refractivity (Wildman–Crippen MR) is 148 cm³/mol. The summed E-state index contributed by atoms with van der Waals surface area (Å²) in [5, 5.41) is 6.60. The molecule has 36 heavy (non-hydrogen) atoms. The summed E-state index contributed by atoms with van der Waals surface area (Å²) in [5.74, 6) is 0.0203. The third kappa shape index (κ3) is 5.29. The molecule has 6 nitrogen and oxygen atoms in total. The lowest BCUT2D eigenvalue weighted by Gasteiger charge is -2.34. The van der Waals surface area contributed by atoms with Gasteiger partial charge in [0.2, 0.25) is 5.91 Å². The third-order valence-corrected chi connectivity index (χ3v) is 7.23. The first kappa shape index (κ1) is 24.1. The normalized spacial score (nSPS) is 18.3. The molecule has 1 unspecified atom stereocenters. The lowest BCUT2D eigenvalue weighted by molar-refractivity contribution is -0.132. The SMILES string of the molecule is CN1CCN(c2ccc(C3=NN(C(=O)Cc4ccccc4)C(c4ccc(N(C)C)cc4)C3)cc2)CC1. The number of hydrazone groups is 1. The van der Waals surface area contributed by atoms with E-state index in [4.69, 9.17) is 5.10 Å². The molecule has 3 aromatic carbocycles. The van der Waals surface area contributed by atoms with Crippen molar-refractivity contribution in [1.82, 2.24) is 9.91 Å². The van der Waals surface area contributed by atoms with E-state index in [1.165, 1.54) is 5.69 Å². The summed E-state index contributed by atoms with van der Waals surface area (Å²) in [6.07, 6.45) is 1.04. The molecular formula is C30H35N5O. The summed E-state index contributed by atoms with van der Waals surface area (Å²) in [6.45, 7) is 4.26. The first-order valence-corrected chi connectivity index (χ1v) is 12.7. The molecule has 0 spiro atoms. The van der Waals surface area contributed by atoms with E-state index in [1.807, 2.05) is 44.4 Å². The van der Waals surface area contributed by atoms with Crippen molar-refractivity contribution in [3.05, 3.63) is 95.6 Å². The summed E-state index contributed by atoms with van der Waals surface area (Å²) in [4.78, 5) is 20.3. The molecule has 3 aromatic rings. The average molecular weight is 482 g/mol. The van der Waals surface area contributed by atoms with Gasteiger partial charge in [0.15, 0.2) is 0 Å². The van der Waals surface area contributed by atoms with Gasteiger partial charge in [0.25, 0.3) is 0 Å². The second kappa shape index (κ2) is 10.5. The summed E-state index contributed by atoms with van der Waals surface area (Å²) in [5.41, 5.74) is 6.54. The van der Waals surface area contributed by atoms with E-state index in [0.717, 1.165) is 54.3 Å². The molecule has 0 bridgehead atoms. The smallest absolute Gasteiger partial charge is 0.247 e. The van der Waals surface area contributed by atoms with Gasteiger partial charge in [-0.2, -0.15) is 5.10 Å². The molecule has 6 heteroatoms. The second-order valence-corrected chi connectivity index (χ2v) is 9.99. The predicted octanol–water partition coefficient (Wildman–Crippen LogP) is 4.42. The maximum Gasteiger partial charge on any atom is 0.247 e. The van der Waals surface area contributed by atoms with Crippen molar-refractivity contribution in [2.45, 2.75) is 18.9 Å². The molecule has 0 radical (unpaired) electrons. The minimum absolute atomic E-state index is 0.0203. The van der Waals surface area contributed by atoms with Crippen LogP contribution >= 0.6 is 0 Å². The zero-order valence-electron chi connectivity index (χ0n) is 21.5. The van der Waals surface area contributed by atoms with E-state index >= 15 is 0 Å². The van der Waals surface area contributed by atoms with Crippen LogP contribution in [0.5, 0.6) is 0 Å². The lowest BCUT2D eigenvalue weighted by atomic mass is 9.97. The van der Waals surface area contributed by atoms with Gasteiger partial charge in [-0.25, -0.2) is 5.01 Å². The summed E-state index contributed by atoms with van der Waals surface area (Å²) < 4.78 is 0. The Kier molecular flexibility index (Phi) is 7.05. The van der Waals surface area contributed by atoms with Crippen molar-refractivity contribution in [3.8, 4) is 0 Å². The maximum atomic E-state index is 13.4. The van der Waals surface area contributed by atoms with E-state index in [1.54, 1.807) is 5.01 Å². The molecule has 1 fully saturated rings. The van der Waals surface area contributed by atoms with Gasteiger partial charge in [-0.3, -0.25) is 4.79 Å². The van der Waals surface area contributed by atoms with E-state index in [0.29, 0.717) is 12.8 Å². The van der Waals surface area contributed by atoms with E-state index in [2.05, 4.69) is 70.3 Å². The van der Waals surface area contributed by atoms with Crippen molar-refractivity contribution in [1.29, 1.82) is 0 Å². The van der Waals surface area contributed by atoms with Crippen molar-refractivity contribution in [2.24, 2.45) is 5.10 Å². The minimum atomic E-state index is -0.107. The zero-order valence-corrected chi connectivity index (χ0v) is 21.5. The zero-order chi connectivity index (χ0) is 25.1. The number of benzene rings is 3. The Labute approximate surface area is 214 Å². The van der Waals surface area contributed by atoms with Crippen LogP contribution in [0.2, 0.25) is 0 Å². The second-order valence-electron chi connectivity index (χ2n) is 9.99. The standard InChI is InChI=1S/C30H35N5O/c1-32(2)26-13-11-25(12-14-26)29-22-28(31-35(29)30(36)21-23-7-5-4-6-8-23)24-9-15-27(16-10-24)34-19-17-33(3)18-20-34/h4-16,29H,17-22H2,1-3H3. The van der Waals surface area contributed by atoms with Gasteiger partial charge in [-0.15, -0.1) is 0 Å². The van der Waals surface area contributed by atoms with Crippen LogP contribution in [-0.2, 0) is 11.2 Å². The summed E-state index contributed by atoms with van der Waals surface area (Å²) >= 11 is 0. The molecule has 0 aliphatic carbocycles. The number of amides is 1. The van der Waals surface area contributed by atoms with Gasteiger partial charge < -0.3 is 14.7 Å². The van der Waals surface area contributed by atoms with Crippen LogP contribution < -0.4 is 9.80 Å². The molecule has 1 atom stereocenters. The fourth-order valence-corrected chi connectivity index (χ4v) is 4.95. The number of piperazine rings is 1. The van der Waals surface area contributed by atoms with Gasteiger partial charge in [0, 0.05) is 58.1 Å². The van der Waals surface area contributed by atoms with E-state index < -0.39 is 0 Å². The monoisotopic (exact) mass is 481 g/mol. The van der Waals surface area contributed by atoms with Crippen LogP contribution in [0.25, 0.3) is 0 Å². The molecule has 0 saturated carbocycles. The Bertz CT molecular complexity index is 1200. The van der Waals surface area contributed by atoms with Gasteiger partial charge in [0.05, 0.1) is 18.2 Å². The van der Waals surface area contributed by atoms with Crippen LogP contribution in [0.3, 0.4) is 0 Å². The number of carbonyl (C=O) groups is 1. The molecule has 2 aliphatic heterocycles. The number of nitrogens with zero attached hydrogens (tertiary/aromatic N) is 5.